The summed E-state index contributed by atoms with van der Waals surface area (Å²) in [6, 6.07) is 0. The van der Waals surface area contributed by atoms with E-state index in [4.69, 9.17) is 9.66 Å². The maximum absolute atomic E-state index is 9.96. The standard InChI is InChI=1S/C12H23O.C3H8O4S.Na/c1-2-3-4-5-6-7-8-9-10-11-12-13;1-3(2,4)8(5,6)7;/h2-11H2,1H3;4H,1-2H3,(H,5,6,7);/q-1;;+1. The third-order valence-corrected chi connectivity index (χ3v) is 4.28. The van der Waals surface area contributed by atoms with Crippen molar-refractivity contribution in [3.63, 3.8) is 0 Å². The SMILES string of the molecule is CC(C)(O)S(=O)(=O)O.CCCCCCCCCCC[C-]=O.[Na+]. The molecule has 0 aliphatic carbocycles. The Morgan fingerprint density at radius 3 is 1.50 bits per heavy atom. The first kappa shape index (κ1) is 27.4. The number of hydrogen-bond acceptors (Lipinski definition) is 4. The first-order valence-electron chi connectivity index (χ1n) is 7.71. The van der Waals surface area contributed by atoms with E-state index in [1.165, 1.54) is 51.4 Å². The van der Waals surface area contributed by atoms with Gasteiger partial charge in [-0.2, -0.15) is 14.8 Å². The maximum atomic E-state index is 9.96. The normalized spacial score (nSPS) is 11.1. The van der Waals surface area contributed by atoms with E-state index in [1.54, 1.807) is 0 Å². The molecule has 0 amide bonds. The smallest absolute Gasteiger partial charge is 0.542 e. The minimum absolute atomic E-state index is 0. The van der Waals surface area contributed by atoms with Gasteiger partial charge in [-0.25, -0.2) is 0 Å². The summed E-state index contributed by atoms with van der Waals surface area (Å²) in [7, 11) is -4.28. The Hall–Kier alpha value is 0.540. The molecule has 2 N–H and O–H groups in total. The van der Waals surface area contributed by atoms with Crippen LogP contribution in [0.25, 0.3) is 0 Å². The summed E-state index contributed by atoms with van der Waals surface area (Å²) in [6.07, 6.45) is 14.4. The second-order valence-corrected chi connectivity index (χ2v) is 7.59. The fourth-order valence-electron chi connectivity index (χ4n) is 1.51. The van der Waals surface area contributed by atoms with Gasteiger partial charge in [0.2, 0.25) is 0 Å². The maximum Gasteiger partial charge on any atom is 1.00 e. The summed E-state index contributed by atoms with van der Waals surface area (Å²) in [5, 5.41) is 8.52. The molecule has 0 heterocycles. The monoisotopic (exact) mass is 346 g/mol. The second-order valence-electron chi connectivity index (χ2n) is 5.64. The minimum Gasteiger partial charge on any atom is -0.542 e. The molecule has 0 aliphatic heterocycles. The van der Waals surface area contributed by atoms with Crippen molar-refractivity contribution in [1.82, 2.24) is 0 Å². The van der Waals surface area contributed by atoms with Crippen molar-refractivity contribution >= 4 is 16.4 Å². The molecule has 0 aromatic rings. The number of carbonyl (C=O) groups excluding carboxylic acids is 1. The number of hydrogen-bond donors (Lipinski definition) is 2. The Morgan fingerprint density at radius 2 is 1.23 bits per heavy atom. The van der Waals surface area contributed by atoms with Crippen LogP contribution in [0, 0.1) is 0 Å². The van der Waals surface area contributed by atoms with Crippen LogP contribution >= 0.6 is 0 Å². The second kappa shape index (κ2) is 16.4. The first-order valence-corrected chi connectivity index (χ1v) is 9.15. The van der Waals surface area contributed by atoms with E-state index in [2.05, 4.69) is 6.92 Å². The summed E-state index contributed by atoms with van der Waals surface area (Å²) >= 11 is 0. The van der Waals surface area contributed by atoms with Crippen molar-refractivity contribution in [2.75, 3.05) is 0 Å². The minimum atomic E-state index is -4.28. The Balaban J connectivity index is -0.000000348. The van der Waals surface area contributed by atoms with Gasteiger partial charge in [0.1, 0.15) is 0 Å². The van der Waals surface area contributed by atoms with E-state index in [9.17, 15) is 13.2 Å². The van der Waals surface area contributed by atoms with Crippen LogP contribution < -0.4 is 29.6 Å². The van der Waals surface area contributed by atoms with Crippen molar-refractivity contribution in [1.29, 1.82) is 0 Å². The zero-order valence-electron chi connectivity index (χ0n) is 14.6. The van der Waals surface area contributed by atoms with Crippen LogP contribution in [0.4, 0.5) is 0 Å². The van der Waals surface area contributed by atoms with Crippen LogP contribution in [-0.2, 0) is 14.9 Å². The van der Waals surface area contributed by atoms with Gasteiger partial charge in [0.05, 0.1) is 0 Å². The molecule has 128 valence electrons. The molecule has 0 atom stereocenters. The number of aliphatic hydroxyl groups is 1. The van der Waals surface area contributed by atoms with Crippen LogP contribution in [0.1, 0.15) is 85.0 Å². The van der Waals surface area contributed by atoms with Crippen LogP contribution in [0.2, 0.25) is 0 Å². The molecular weight excluding hydrogens is 315 g/mol. The fourth-order valence-corrected chi connectivity index (χ4v) is 1.51. The Labute approximate surface area is 158 Å². The molecule has 5 nitrogen and oxygen atoms in total. The van der Waals surface area contributed by atoms with Crippen LogP contribution in [0.3, 0.4) is 0 Å². The molecule has 0 unspecified atom stereocenters. The average Bonchev–Trinajstić information content (AvgIpc) is 2.35. The predicted octanol–water partition coefficient (Wildman–Crippen LogP) is 0.624. The van der Waals surface area contributed by atoms with Crippen molar-refractivity contribution in [2.24, 2.45) is 0 Å². The van der Waals surface area contributed by atoms with Gasteiger partial charge in [-0.05, 0) is 13.8 Å². The molecule has 0 fully saturated rings. The molecule has 0 saturated carbocycles. The zero-order valence-corrected chi connectivity index (χ0v) is 17.4. The van der Waals surface area contributed by atoms with E-state index in [1.807, 2.05) is 6.29 Å². The van der Waals surface area contributed by atoms with E-state index in [0.29, 0.717) is 6.42 Å². The molecule has 7 heteroatoms. The van der Waals surface area contributed by atoms with Crippen molar-refractivity contribution in [3.05, 3.63) is 0 Å². The van der Waals surface area contributed by atoms with Crippen LogP contribution in [-0.4, -0.2) is 29.3 Å². The third-order valence-electron chi connectivity index (χ3n) is 3.01. The first-order chi connectivity index (χ1) is 9.66. The van der Waals surface area contributed by atoms with Crippen molar-refractivity contribution in [2.45, 2.75) is 89.9 Å². The molecular formula is C15H31NaO5S. The van der Waals surface area contributed by atoms with Gasteiger partial charge in [0.25, 0.3) is 10.1 Å². The zero-order chi connectivity index (χ0) is 16.8. The Bertz CT molecular complexity index is 336. The van der Waals surface area contributed by atoms with Gasteiger partial charge >= 0.3 is 29.6 Å². The molecule has 22 heavy (non-hydrogen) atoms. The van der Waals surface area contributed by atoms with E-state index in [0.717, 1.165) is 20.3 Å². The predicted molar refractivity (Wildman–Crippen MR) is 85.4 cm³/mol. The fraction of sp³-hybridized carbons (Fsp3) is 0.933. The summed E-state index contributed by atoms with van der Waals surface area (Å²) in [6.45, 7) is 4.22. The van der Waals surface area contributed by atoms with E-state index in [-0.39, 0.29) is 29.6 Å². The quantitative estimate of drug-likeness (QED) is 0.248. The number of rotatable bonds is 11. The third kappa shape index (κ3) is 20.5. The molecule has 0 bridgehead atoms. The van der Waals surface area contributed by atoms with E-state index < -0.39 is 15.1 Å². The average molecular weight is 346 g/mol. The van der Waals surface area contributed by atoms with Gasteiger partial charge in [0, 0.05) is 0 Å². The van der Waals surface area contributed by atoms with Gasteiger partial charge in [-0.15, -0.1) is 0 Å². The summed E-state index contributed by atoms with van der Waals surface area (Å²) < 4.78 is 28.0. The number of unbranched alkanes of at least 4 members (excludes halogenated alkanes) is 9. The summed E-state index contributed by atoms with van der Waals surface area (Å²) in [5.74, 6) is 0. The molecule has 0 spiro atoms. The molecule has 0 rings (SSSR count). The largest absolute Gasteiger partial charge is 1.00 e. The Morgan fingerprint density at radius 1 is 0.909 bits per heavy atom. The van der Waals surface area contributed by atoms with E-state index >= 15 is 0 Å². The molecule has 0 aromatic heterocycles. The molecule has 0 radical (unpaired) electrons. The van der Waals surface area contributed by atoms with Gasteiger partial charge in [-0.3, -0.25) is 10.8 Å². The van der Waals surface area contributed by atoms with Crippen LogP contribution in [0.5, 0.6) is 0 Å². The molecule has 0 aliphatic rings. The molecule has 0 saturated heterocycles. The van der Waals surface area contributed by atoms with Gasteiger partial charge < -0.3 is 9.90 Å². The Kier molecular flexibility index (Phi) is 20.4. The summed E-state index contributed by atoms with van der Waals surface area (Å²) in [4.78, 5) is 7.85. The van der Waals surface area contributed by atoms with Gasteiger partial charge in [-0.1, -0.05) is 64.7 Å². The van der Waals surface area contributed by atoms with Crippen molar-refractivity contribution in [3.8, 4) is 0 Å². The summed E-state index contributed by atoms with van der Waals surface area (Å²) in [5.41, 5.74) is 0. The molecule has 0 aromatic carbocycles. The van der Waals surface area contributed by atoms with Gasteiger partial charge in [0.15, 0.2) is 4.93 Å². The topological polar surface area (TPSA) is 91.7 Å². The van der Waals surface area contributed by atoms with Crippen molar-refractivity contribution < 1.29 is 52.4 Å². The van der Waals surface area contributed by atoms with Crippen LogP contribution in [0.15, 0.2) is 0 Å².